The summed E-state index contributed by atoms with van der Waals surface area (Å²) in [5.41, 5.74) is -0.0868. The standard InChI is InChI=1S/C14H32N2O/c1-5-11-16(7-3)12-9-8-10-14(4,13-17)15-6-2/h15,17H,5-13H2,1-4H3. The topological polar surface area (TPSA) is 35.5 Å². The van der Waals surface area contributed by atoms with Crippen LogP contribution in [-0.4, -0.2) is 48.3 Å². The minimum absolute atomic E-state index is 0.0868. The highest BCUT2D eigenvalue weighted by atomic mass is 16.3. The van der Waals surface area contributed by atoms with Crippen LogP contribution < -0.4 is 5.32 Å². The van der Waals surface area contributed by atoms with Crippen molar-refractivity contribution in [1.29, 1.82) is 0 Å². The van der Waals surface area contributed by atoms with E-state index in [0.717, 1.165) is 19.5 Å². The fourth-order valence-corrected chi connectivity index (χ4v) is 2.24. The molecule has 1 unspecified atom stereocenters. The molecule has 0 amide bonds. The van der Waals surface area contributed by atoms with Crippen LogP contribution in [-0.2, 0) is 0 Å². The molecule has 0 aliphatic heterocycles. The second-order valence-corrected chi connectivity index (χ2v) is 5.14. The van der Waals surface area contributed by atoms with Crippen LogP contribution in [0.5, 0.6) is 0 Å². The zero-order valence-electron chi connectivity index (χ0n) is 12.3. The number of nitrogens with zero attached hydrogens (tertiary/aromatic N) is 1. The average Bonchev–Trinajstić information content (AvgIpc) is 2.33. The van der Waals surface area contributed by atoms with E-state index in [0.29, 0.717) is 0 Å². The Kier molecular flexibility index (Phi) is 9.79. The van der Waals surface area contributed by atoms with Gasteiger partial charge in [0.1, 0.15) is 0 Å². The van der Waals surface area contributed by atoms with E-state index in [2.05, 4.69) is 37.9 Å². The Morgan fingerprint density at radius 3 is 2.29 bits per heavy atom. The van der Waals surface area contributed by atoms with Gasteiger partial charge in [0.15, 0.2) is 0 Å². The summed E-state index contributed by atoms with van der Waals surface area (Å²) in [7, 11) is 0. The Morgan fingerprint density at radius 1 is 1.12 bits per heavy atom. The lowest BCUT2D eigenvalue weighted by atomic mass is 9.95. The summed E-state index contributed by atoms with van der Waals surface area (Å²) in [5, 5.41) is 12.8. The minimum Gasteiger partial charge on any atom is -0.394 e. The van der Waals surface area contributed by atoms with E-state index in [1.807, 2.05) is 0 Å². The molecule has 0 saturated carbocycles. The van der Waals surface area contributed by atoms with Crippen molar-refractivity contribution < 1.29 is 5.11 Å². The van der Waals surface area contributed by atoms with Crippen molar-refractivity contribution in [3.63, 3.8) is 0 Å². The van der Waals surface area contributed by atoms with Gasteiger partial charge in [-0.2, -0.15) is 0 Å². The van der Waals surface area contributed by atoms with Gasteiger partial charge in [0.25, 0.3) is 0 Å². The molecule has 104 valence electrons. The summed E-state index contributed by atoms with van der Waals surface area (Å²) >= 11 is 0. The average molecular weight is 244 g/mol. The van der Waals surface area contributed by atoms with Crippen LogP contribution in [0.25, 0.3) is 0 Å². The molecular weight excluding hydrogens is 212 g/mol. The molecule has 0 aromatic heterocycles. The molecule has 0 aromatic carbocycles. The normalized spacial score (nSPS) is 15.2. The molecule has 3 nitrogen and oxygen atoms in total. The van der Waals surface area contributed by atoms with Crippen LogP contribution in [0.4, 0.5) is 0 Å². The number of unbranched alkanes of at least 4 members (excludes halogenated alkanes) is 1. The summed E-state index contributed by atoms with van der Waals surface area (Å²) in [4.78, 5) is 2.50. The second kappa shape index (κ2) is 9.86. The van der Waals surface area contributed by atoms with E-state index in [1.54, 1.807) is 0 Å². The largest absolute Gasteiger partial charge is 0.394 e. The molecule has 0 spiro atoms. The zero-order chi connectivity index (χ0) is 13.1. The van der Waals surface area contributed by atoms with E-state index in [4.69, 9.17) is 0 Å². The van der Waals surface area contributed by atoms with Gasteiger partial charge in [-0.3, -0.25) is 0 Å². The van der Waals surface area contributed by atoms with Gasteiger partial charge in [0, 0.05) is 5.54 Å². The lowest BCUT2D eigenvalue weighted by Gasteiger charge is -2.29. The summed E-state index contributed by atoms with van der Waals surface area (Å²) in [6.07, 6.45) is 4.71. The molecule has 0 saturated heterocycles. The van der Waals surface area contributed by atoms with Crippen molar-refractivity contribution in [3.8, 4) is 0 Å². The Morgan fingerprint density at radius 2 is 1.82 bits per heavy atom. The SMILES string of the molecule is CCCN(CC)CCCCC(C)(CO)NCC. The number of aliphatic hydroxyl groups excluding tert-OH is 1. The van der Waals surface area contributed by atoms with Gasteiger partial charge < -0.3 is 15.3 Å². The van der Waals surface area contributed by atoms with Crippen LogP contribution in [0.2, 0.25) is 0 Å². The maximum atomic E-state index is 9.38. The molecule has 3 heteroatoms. The van der Waals surface area contributed by atoms with Crippen molar-refractivity contribution in [2.75, 3.05) is 32.8 Å². The van der Waals surface area contributed by atoms with Crippen molar-refractivity contribution in [2.24, 2.45) is 0 Å². The van der Waals surface area contributed by atoms with Crippen molar-refractivity contribution in [1.82, 2.24) is 10.2 Å². The fourth-order valence-electron chi connectivity index (χ4n) is 2.24. The third-order valence-electron chi connectivity index (χ3n) is 3.39. The number of hydrogen-bond donors (Lipinski definition) is 2. The Balaban J connectivity index is 3.73. The van der Waals surface area contributed by atoms with Gasteiger partial charge in [0.05, 0.1) is 6.61 Å². The summed E-state index contributed by atoms with van der Waals surface area (Å²) in [6, 6.07) is 0. The van der Waals surface area contributed by atoms with Crippen molar-refractivity contribution in [2.45, 2.75) is 58.9 Å². The lowest BCUT2D eigenvalue weighted by Crippen LogP contribution is -2.45. The van der Waals surface area contributed by atoms with Gasteiger partial charge in [0.2, 0.25) is 0 Å². The zero-order valence-corrected chi connectivity index (χ0v) is 12.3. The summed E-state index contributed by atoms with van der Waals surface area (Å²) < 4.78 is 0. The van der Waals surface area contributed by atoms with E-state index >= 15 is 0 Å². The van der Waals surface area contributed by atoms with Gasteiger partial charge in [-0.05, 0) is 52.4 Å². The molecule has 1 atom stereocenters. The molecule has 0 bridgehead atoms. The fraction of sp³-hybridized carbons (Fsp3) is 1.00. The molecule has 0 heterocycles. The summed E-state index contributed by atoms with van der Waals surface area (Å²) in [5.74, 6) is 0. The quantitative estimate of drug-likeness (QED) is 0.547. The maximum Gasteiger partial charge on any atom is 0.0610 e. The van der Waals surface area contributed by atoms with Gasteiger partial charge in [-0.25, -0.2) is 0 Å². The highest BCUT2D eigenvalue weighted by molar-refractivity contribution is 4.81. The van der Waals surface area contributed by atoms with E-state index in [1.165, 1.54) is 32.4 Å². The van der Waals surface area contributed by atoms with E-state index < -0.39 is 0 Å². The lowest BCUT2D eigenvalue weighted by molar-refractivity contribution is 0.162. The predicted octanol–water partition coefficient (Wildman–Crippen LogP) is 2.25. The van der Waals surface area contributed by atoms with Crippen LogP contribution in [0.3, 0.4) is 0 Å². The predicted molar refractivity (Wildman–Crippen MR) is 75.4 cm³/mol. The molecule has 0 fully saturated rings. The molecule has 0 aliphatic rings. The first-order valence-corrected chi connectivity index (χ1v) is 7.20. The Hall–Kier alpha value is -0.120. The first-order valence-electron chi connectivity index (χ1n) is 7.20. The molecule has 2 N–H and O–H groups in total. The van der Waals surface area contributed by atoms with E-state index in [-0.39, 0.29) is 12.1 Å². The number of rotatable bonds is 11. The van der Waals surface area contributed by atoms with Gasteiger partial charge in [-0.15, -0.1) is 0 Å². The third kappa shape index (κ3) is 7.74. The first-order chi connectivity index (χ1) is 8.11. The Bertz CT molecular complexity index is 176. The van der Waals surface area contributed by atoms with Crippen molar-refractivity contribution in [3.05, 3.63) is 0 Å². The Labute approximate surface area is 108 Å². The van der Waals surface area contributed by atoms with Crippen molar-refractivity contribution >= 4 is 0 Å². The molecular formula is C14H32N2O. The maximum absolute atomic E-state index is 9.38. The third-order valence-corrected chi connectivity index (χ3v) is 3.39. The molecule has 0 radical (unpaired) electrons. The minimum atomic E-state index is -0.0868. The number of nitrogens with one attached hydrogen (secondary N) is 1. The first kappa shape index (κ1) is 16.9. The van der Waals surface area contributed by atoms with Crippen LogP contribution in [0.15, 0.2) is 0 Å². The molecule has 17 heavy (non-hydrogen) atoms. The number of hydrogen-bond acceptors (Lipinski definition) is 3. The van der Waals surface area contributed by atoms with Gasteiger partial charge in [-0.1, -0.05) is 27.2 Å². The highest BCUT2D eigenvalue weighted by Crippen LogP contribution is 2.13. The number of likely N-dealkylation sites (N-methyl/N-ethyl adjacent to an activating group) is 1. The van der Waals surface area contributed by atoms with Crippen LogP contribution >= 0.6 is 0 Å². The monoisotopic (exact) mass is 244 g/mol. The smallest absolute Gasteiger partial charge is 0.0610 e. The molecule has 0 aliphatic carbocycles. The highest BCUT2D eigenvalue weighted by Gasteiger charge is 2.20. The summed E-state index contributed by atoms with van der Waals surface area (Å²) in [6.45, 7) is 13.4. The molecule has 0 rings (SSSR count). The van der Waals surface area contributed by atoms with Crippen LogP contribution in [0, 0.1) is 0 Å². The van der Waals surface area contributed by atoms with Gasteiger partial charge >= 0.3 is 0 Å². The van der Waals surface area contributed by atoms with Crippen LogP contribution in [0.1, 0.15) is 53.4 Å². The molecule has 0 aromatic rings. The number of aliphatic hydroxyl groups is 1. The second-order valence-electron chi connectivity index (χ2n) is 5.14. The van der Waals surface area contributed by atoms with E-state index in [9.17, 15) is 5.11 Å².